The molecule has 0 N–H and O–H groups in total. The van der Waals surface area contributed by atoms with Crippen molar-refractivity contribution in [3.05, 3.63) is 43.0 Å². The number of nitrogens with zero attached hydrogens (tertiary/aromatic N) is 1. The van der Waals surface area contributed by atoms with Crippen molar-refractivity contribution >= 4 is 0 Å². The Bertz CT molecular complexity index is 109. The summed E-state index contributed by atoms with van der Waals surface area (Å²) in [7, 11) is 0. The molecule has 0 aliphatic carbocycles. The summed E-state index contributed by atoms with van der Waals surface area (Å²) in [4.78, 5) is 0. The van der Waals surface area contributed by atoms with Crippen molar-refractivity contribution in [1.82, 2.24) is 0 Å². The van der Waals surface area contributed by atoms with E-state index in [0.717, 1.165) is 0 Å². The van der Waals surface area contributed by atoms with Crippen molar-refractivity contribution in [3.8, 4) is 0 Å². The van der Waals surface area contributed by atoms with Gasteiger partial charge in [0.25, 0.3) is 0 Å². The molecule has 0 spiro atoms. The molecule has 9 heavy (non-hydrogen) atoms. The number of rotatable bonds is 0. The average Bonchev–Trinajstić information content (AvgIpc) is 1.96. The summed E-state index contributed by atoms with van der Waals surface area (Å²) in [6.45, 7) is 4.75. The van der Waals surface area contributed by atoms with E-state index in [1.807, 2.05) is 30.3 Å². The molecule has 0 aliphatic rings. The Labute approximate surface area is 69.0 Å². The van der Waals surface area contributed by atoms with Crippen LogP contribution < -0.4 is 0 Å². The van der Waals surface area contributed by atoms with Gasteiger partial charge < -0.3 is 11.8 Å². The first-order valence-electron chi connectivity index (χ1n) is 2.13. The number of hydrogen-bond acceptors (Lipinski definition) is 1. The Kier molecular flexibility index (Phi) is 12.9. The second-order valence-corrected chi connectivity index (χ2v) is 1.08. The van der Waals surface area contributed by atoms with Crippen LogP contribution in [-0.4, -0.2) is 0 Å². The van der Waals surface area contributed by atoms with Crippen LogP contribution in [0, 0.1) is 17.9 Å². The third kappa shape index (κ3) is 7.37. The molecule has 0 saturated heterocycles. The molecule has 0 heterocycles. The van der Waals surface area contributed by atoms with Gasteiger partial charge in [0.05, 0.1) is 0 Å². The molecular formula is C7H5NPd. The molecule has 2 heteroatoms. The zero-order chi connectivity index (χ0) is 6.24. The molecule has 0 amide bonds. The SMILES string of the molecule is [C-]#N.[Pd+2].[c-]1ccccc1. The Balaban J connectivity index is 0. The maximum atomic E-state index is 6.25. The van der Waals surface area contributed by atoms with Gasteiger partial charge in [0.2, 0.25) is 0 Å². The Hall–Kier alpha value is -0.628. The van der Waals surface area contributed by atoms with Gasteiger partial charge in [0, 0.05) is 0 Å². The summed E-state index contributed by atoms with van der Waals surface area (Å²) in [6.07, 6.45) is 0. The van der Waals surface area contributed by atoms with E-state index in [1.165, 1.54) is 0 Å². The predicted molar refractivity (Wildman–Crippen MR) is 30.2 cm³/mol. The molecule has 0 unspecified atom stereocenters. The van der Waals surface area contributed by atoms with E-state index in [4.69, 9.17) is 11.8 Å². The van der Waals surface area contributed by atoms with Crippen molar-refractivity contribution in [3.63, 3.8) is 0 Å². The smallest absolute Gasteiger partial charge is 0.512 e. The van der Waals surface area contributed by atoms with Gasteiger partial charge in [0.15, 0.2) is 0 Å². The first-order valence-corrected chi connectivity index (χ1v) is 2.13. The van der Waals surface area contributed by atoms with E-state index in [9.17, 15) is 0 Å². The van der Waals surface area contributed by atoms with Gasteiger partial charge in [-0.3, -0.25) is 0 Å². The van der Waals surface area contributed by atoms with Crippen LogP contribution in [0.5, 0.6) is 0 Å². The van der Waals surface area contributed by atoms with E-state index >= 15 is 0 Å². The molecule has 0 aliphatic heterocycles. The average molecular weight is 210 g/mol. The fourth-order valence-electron chi connectivity index (χ4n) is 0.342. The van der Waals surface area contributed by atoms with Crippen LogP contribution in [-0.2, 0) is 20.4 Å². The van der Waals surface area contributed by atoms with Crippen LogP contribution in [0.1, 0.15) is 0 Å². The van der Waals surface area contributed by atoms with Gasteiger partial charge in [-0.1, -0.05) is 0 Å². The Morgan fingerprint density at radius 1 is 1.00 bits per heavy atom. The minimum absolute atomic E-state index is 0. The van der Waals surface area contributed by atoms with Crippen LogP contribution >= 0.6 is 0 Å². The van der Waals surface area contributed by atoms with Crippen molar-refractivity contribution in [2.24, 2.45) is 0 Å². The largest absolute Gasteiger partial charge is 2.00 e. The minimum atomic E-state index is 0. The van der Waals surface area contributed by atoms with Crippen LogP contribution in [0.3, 0.4) is 0 Å². The van der Waals surface area contributed by atoms with Gasteiger partial charge in [-0.15, -0.1) is 0 Å². The van der Waals surface area contributed by atoms with E-state index in [0.29, 0.717) is 0 Å². The molecular weight excluding hydrogens is 205 g/mol. The maximum absolute atomic E-state index is 6.25. The summed E-state index contributed by atoms with van der Waals surface area (Å²) >= 11 is 0. The molecule has 0 radical (unpaired) electrons. The van der Waals surface area contributed by atoms with E-state index in [-0.39, 0.29) is 20.4 Å². The molecule has 0 saturated carbocycles. The van der Waals surface area contributed by atoms with Gasteiger partial charge in [0.1, 0.15) is 0 Å². The van der Waals surface area contributed by atoms with Crippen LogP contribution in [0.15, 0.2) is 30.3 Å². The molecule has 0 bridgehead atoms. The molecule has 1 aromatic carbocycles. The quantitative estimate of drug-likeness (QED) is 0.470. The molecule has 1 aromatic rings. The van der Waals surface area contributed by atoms with Crippen LogP contribution in [0.25, 0.3) is 0 Å². The topological polar surface area (TPSA) is 23.8 Å². The number of hydrogen-bond donors (Lipinski definition) is 0. The molecule has 0 atom stereocenters. The van der Waals surface area contributed by atoms with Crippen molar-refractivity contribution < 1.29 is 20.4 Å². The van der Waals surface area contributed by atoms with Gasteiger partial charge >= 0.3 is 20.4 Å². The summed E-state index contributed by atoms with van der Waals surface area (Å²) in [5, 5.41) is 6.25. The summed E-state index contributed by atoms with van der Waals surface area (Å²) < 4.78 is 0. The zero-order valence-electron chi connectivity index (χ0n) is 4.65. The fraction of sp³-hybridized carbons (Fsp3) is 0. The van der Waals surface area contributed by atoms with E-state index in [2.05, 4.69) is 6.07 Å². The third-order valence-corrected chi connectivity index (χ3v) is 0.607. The molecule has 48 valence electrons. The normalized spacial score (nSPS) is 5.56. The molecule has 0 aromatic heterocycles. The van der Waals surface area contributed by atoms with Gasteiger partial charge in [-0.2, -0.15) is 36.4 Å². The molecule has 0 fully saturated rings. The zero-order valence-corrected chi connectivity index (χ0v) is 6.20. The summed E-state index contributed by atoms with van der Waals surface area (Å²) in [6, 6.07) is 12.5. The summed E-state index contributed by atoms with van der Waals surface area (Å²) in [5.41, 5.74) is 0. The molecule has 1 rings (SSSR count). The predicted octanol–water partition coefficient (Wildman–Crippen LogP) is 1.58. The van der Waals surface area contributed by atoms with E-state index in [1.54, 1.807) is 0 Å². The van der Waals surface area contributed by atoms with Crippen molar-refractivity contribution in [1.29, 1.82) is 5.26 Å². The monoisotopic (exact) mass is 209 g/mol. The first kappa shape index (κ1) is 11.2. The third-order valence-electron chi connectivity index (χ3n) is 0.607. The second-order valence-electron chi connectivity index (χ2n) is 1.08. The van der Waals surface area contributed by atoms with Crippen LogP contribution in [0.4, 0.5) is 0 Å². The van der Waals surface area contributed by atoms with E-state index < -0.39 is 0 Å². The van der Waals surface area contributed by atoms with Gasteiger partial charge in [-0.05, 0) is 0 Å². The minimum Gasteiger partial charge on any atom is -0.512 e. The second kappa shape index (κ2) is 10.4. The maximum Gasteiger partial charge on any atom is 2.00 e. The standard InChI is InChI=1S/C6H5.CN.Pd/c1-2-4-6-5-3-1;1-2;/h1-5H;;/q2*-1;+2. The van der Waals surface area contributed by atoms with Gasteiger partial charge in [-0.25, -0.2) is 0 Å². The Morgan fingerprint density at radius 2 is 1.44 bits per heavy atom. The number of benzene rings is 1. The van der Waals surface area contributed by atoms with Crippen LogP contribution in [0.2, 0.25) is 0 Å². The Morgan fingerprint density at radius 3 is 1.56 bits per heavy atom. The van der Waals surface area contributed by atoms with Crippen molar-refractivity contribution in [2.75, 3.05) is 0 Å². The van der Waals surface area contributed by atoms with Crippen molar-refractivity contribution in [2.45, 2.75) is 0 Å². The first-order chi connectivity index (χ1) is 4.00. The summed E-state index contributed by atoms with van der Waals surface area (Å²) in [5.74, 6) is 0. The molecule has 1 nitrogen and oxygen atoms in total. The fourth-order valence-corrected chi connectivity index (χ4v) is 0.342.